The molecule has 4 rings (SSSR count). The molecule has 32 heavy (non-hydrogen) atoms. The molecule has 0 aromatic carbocycles. The zero-order valence-electron chi connectivity index (χ0n) is 21.3. The highest BCUT2D eigenvalue weighted by atomic mass is 16.2. The molecule has 4 aliphatic carbocycles. The number of allylic oxidation sites excluding steroid dienone is 2. The highest BCUT2D eigenvalue weighted by Gasteiger charge is 2.58. The van der Waals surface area contributed by atoms with Crippen molar-refractivity contribution in [1.29, 1.82) is 0 Å². The quantitative estimate of drug-likeness (QED) is 0.336. The number of hydrazone groups is 1. The molecule has 3 N–H and O–H groups in total. The van der Waals surface area contributed by atoms with Crippen molar-refractivity contribution in [2.75, 3.05) is 0 Å². The molecule has 4 heteroatoms. The Morgan fingerprint density at radius 2 is 1.94 bits per heavy atom. The normalized spacial score (nSPS) is 40.9. The summed E-state index contributed by atoms with van der Waals surface area (Å²) in [7, 11) is 0. The predicted molar refractivity (Wildman–Crippen MR) is 133 cm³/mol. The Labute approximate surface area is 196 Å². The fraction of sp³-hybridized carbons (Fsp3) is 0.857. The number of hydrogen-bond acceptors (Lipinski definition) is 2. The number of hydrogen-bond donors (Lipinski definition) is 2. The Morgan fingerprint density at radius 3 is 2.66 bits per heavy atom. The molecular weight excluding hydrogens is 394 g/mol. The first-order valence-electron chi connectivity index (χ1n) is 13.5. The summed E-state index contributed by atoms with van der Waals surface area (Å²) in [5.41, 5.74) is 11.2. The maximum absolute atomic E-state index is 11.1. The molecule has 0 unspecified atom stereocenters. The number of carbonyl (C=O) groups is 1. The van der Waals surface area contributed by atoms with Crippen LogP contribution in [0.1, 0.15) is 105 Å². The highest BCUT2D eigenvalue weighted by molar-refractivity contribution is 5.89. The number of primary amides is 1. The zero-order chi connectivity index (χ0) is 23.1. The molecule has 2 amide bonds. The van der Waals surface area contributed by atoms with Gasteiger partial charge in [-0.15, -0.1) is 0 Å². The van der Waals surface area contributed by atoms with Gasteiger partial charge in [0.2, 0.25) is 0 Å². The summed E-state index contributed by atoms with van der Waals surface area (Å²) >= 11 is 0. The molecule has 0 aliphatic heterocycles. The molecule has 0 aromatic rings. The Balaban J connectivity index is 1.47. The minimum Gasteiger partial charge on any atom is -0.350 e. The van der Waals surface area contributed by atoms with Gasteiger partial charge < -0.3 is 5.73 Å². The van der Waals surface area contributed by atoms with Crippen LogP contribution in [0.2, 0.25) is 0 Å². The van der Waals surface area contributed by atoms with Gasteiger partial charge in [-0.1, -0.05) is 65.5 Å². The van der Waals surface area contributed by atoms with Crippen LogP contribution in [-0.4, -0.2) is 11.7 Å². The second kappa shape index (κ2) is 9.14. The standard InChI is InChI=1S/C28H47N3O/c1-18(2)7-6-8-19(3)23-11-12-24-22-10-9-20-17-21(30-31-26(29)32)13-15-27(20,4)25(22)14-16-28(23,24)5/h9,18-19,22-25H,6-8,10-17H2,1-5H3,(H3,29,31,32)/b30-21+/t19-,22+,23-,24+,25+,27+,28-/m1/s1. The summed E-state index contributed by atoms with van der Waals surface area (Å²) in [6.07, 6.45) is 16.8. The van der Waals surface area contributed by atoms with Crippen molar-refractivity contribution in [2.24, 2.45) is 57.2 Å². The SMILES string of the molecule is CC(C)CCC[C@@H](C)[C@H]1CC[C@H]2[C@@H]3CC=C4C/C(=N/NC(N)=O)CC[C@]4(C)[C@H]3CC[C@]12C. The highest BCUT2D eigenvalue weighted by Crippen LogP contribution is 2.67. The number of urea groups is 1. The van der Waals surface area contributed by atoms with E-state index in [0.29, 0.717) is 10.8 Å². The Hall–Kier alpha value is -1.32. The maximum atomic E-state index is 11.1. The van der Waals surface area contributed by atoms with Crippen molar-refractivity contribution in [3.05, 3.63) is 11.6 Å². The molecule has 0 aromatic heterocycles. The number of carbonyl (C=O) groups excluding carboxylic acids is 1. The van der Waals surface area contributed by atoms with Gasteiger partial charge in [-0.05, 0) is 91.3 Å². The minimum atomic E-state index is -0.565. The van der Waals surface area contributed by atoms with Gasteiger partial charge >= 0.3 is 6.03 Å². The van der Waals surface area contributed by atoms with Crippen LogP contribution in [0.5, 0.6) is 0 Å². The van der Waals surface area contributed by atoms with E-state index < -0.39 is 6.03 Å². The van der Waals surface area contributed by atoms with Crippen molar-refractivity contribution in [2.45, 2.75) is 105 Å². The van der Waals surface area contributed by atoms with E-state index in [1.165, 1.54) is 51.4 Å². The molecule has 3 fully saturated rings. The summed E-state index contributed by atoms with van der Waals surface area (Å²) in [6.45, 7) is 12.5. The van der Waals surface area contributed by atoms with Crippen molar-refractivity contribution in [1.82, 2.24) is 5.43 Å². The molecule has 0 saturated heterocycles. The topological polar surface area (TPSA) is 67.5 Å². The van der Waals surface area contributed by atoms with E-state index in [0.717, 1.165) is 60.5 Å². The number of nitrogens with zero attached hydrogens (tertiary/aromatic N) is 1. The lowest BCUT2D eigenvalue weighted by Gasteiger charge is -2.58. The molecule has 0 radical (unpaired) electrons. The lowest BCUT2D eigenvalue weighted by molar-refractivity contribution is -0.0468. The van der Waals surface area contributed by atoms with E-state index >= 15 is 0 Å². The van der Waals surface area contributed by atoms with E-state index in [-0.39, 0.29) is 0 Å². The molecule has 0 bridgehead atoms. The number of nitrogens with two attached hydrogens (primary N) is 1. The van der Waals surface area contributed by atoms with Gasteiger partial charge in [0, 0.05) is 12.1 Å². The first-order valence-corrected chi connectivity index (χ1v) is 13.5. The summed E-state index contributed by atoms with van der Waals surface area (Å²) in [5.74, 6) is 5.21. The number of amides is 2. The number of nitrogens with one attached hydrogen (secondary N) is 1. The van der Waals surface area contributed by atoms with Crippen LogP contribution in [0.4, 0.5) is 4.79 Å². The molecular formula is C28H47N3O. The second-order valence-electron chi connectivity index (χ2n) is 12.6. The van der Waals surface area contributed by atoms with Gasteiger partial charge in [0.05, 0.1) is 0 Å². The maximum Gasteiger partial charge on any atom is 0.332 e. The molecule has 4 nitrogen and oxygen atoms in total. The predicted octanol–water partition coefficient (Wildman–Crippen LogP) is 7.05. The van der Waals surface area contributed by atoms with Crippen LogP contribution >= 0.6 is 0 Å². The fourth-order valence-electron chi connectivity index (χ4n) is 8.74. The number of fused-ring (bicyclic) bond motifs is 5. The van der Waals surface area contributed by atoms with Gasteiger partial charge in [0.25, 0.3) is 0 Å². The van der Waals surface area contributed by atoms with E-state index in [9.17, 15) is 4.79 Å². The van der Waals surface area contributed by atoms with Crippen LogP contribution in [0.15, 0.2) is 16.8 Å². The monoisotopic (exact) mass is 441 g/mol. The first-order chi connectivity index (χ1) is 15.1. The summed E-state index contributed by atoms with van der Waals surface area (Å²) < 4.78 is 0. The molecule has 7 atom stereocenters. The Kier molecular flexibility index (Phi) is 6.81. The van der Waals surface area contributed by atoms with Gasteiger partial charge in [-0.3, -0.25) is 0 Å². The number of rotatable bonds is 6. The lowest BCUT2D eigenvalue weighted by Crippen LogP contribution is -2.50. The van der Waals surface area contributed by atoms with E-state index in [2.05, 4.69) is 51.2 Å². The van der Waals surface area contributed by atoms with Crippen LogP contribution in [0.3, 0.4) is 0 Å². The minimum absolute atomic E-state index is 0.316. The smallest absolute Gasteiger partial charge is 0.332 e. The third-order valence-electron chi connectivity index (χ3n) is 10.5. The van der Waals surface area contributed by atoms with Crippen LogP contribution < -0.4 is 11.2 Å². The van der Waals surface area contributed by atoms with Crippen molar-refractivity contribution in [3.8, 4) is 0 Å². The molecule has 0 spiro atoms. The zero-order valence-corrected chi connectivity index (χ0v) is 21.3. The average Bonchev–Trinajstić information content (AvgIpc) is 3.09. The largest absolute Gasteiger partial charge is 0.350 e. The lowest BCUT2D eigenvalue weighted by atomic mass is 9.47. The Bertz CT molecular complexity index is 771. The second-order valence-corrected chi connectivity index (χ2v) is 12.6. The molecule has 180 valence electrons. The van der Waals surface area contributed by atoms with E-state index in [1.807, 2.05) is 0 Å². The fourth-order valence-corrected chi connectivity index (χ4v) is 8.74. The van der Waals surface area contributed by atoms with Gasteiger partial charge in [-0.25, -0.2) is 10.2 Å². The molecule has 4 aliphatic rings. The third-order valence-corrected chi connectivity index (χ3v) is 10.5. The molecule has 0 heterocycles. The van der Waals surface area contributed by atoms with Crippen LogP contribution in [0.25, 0.3) is 0 Å². The Morgan fingerprint density at radius 1 is 1.16 bits per heavy atom. The summed E-state index contributed by atoms with van der Waals surface area (Å²) in [4.78, 5) is 11.1. The van der Waals surface area contributed by atoms with E-state index in [1.54, 1.807) is 5.57 Å². The van der Waals surface area contributed by atoms with Gasteiger partial charge in [0.1, 0.15) is 0 Å². The van der Waals surface area contributed by atoms with Gasteiger partial charge in [0.15, 0.2) is 0 Å². The van der Waals surface area contributed by atoms with E-state index in [4.69, 9.17) is 5.73 Å². The average molecular weight is 442 g/mol. The third kappa shape index (κ3) is 4.28. The summed E-state index contributed by atoms with van der Waals surface area (Å²) in [6, 6.07) is -0.565. The van der Waals surface area contributed by atoms with Gasteiger partial charge in [-0.2, -0.15) is 5.10 Å². The van der Waals surface area contributed by atoms with Crippen LogP contribution in [-0.2, 0) is 0 Å². The summed E-state index contributed by atoms with van der Waals surface area (Å²) in [5, 5.41) is 4.29. The van der Waals surface area contributed by atoms with Crippen molar-refractivity contribution < 1.29 is 4.79 Å². The first kappa shape index (κ1) is 23.8. The van der Waals surface area contributed by atoms with Crippen molar-refractivity contribution in [3.63, 3.8) is 0 Å². The van der Waals surface area contributed by atoms with Crippen LogP contribution in [0, 0.1) is 46.3 Å². The van der Waals surface area contributed by atoms with Crippen molar-refractivity contribution >= 4 is 11.7 Å². The molecule has 3 saturated carbocycles.